The van der Waals surface area contributed by atoms with E-state index in [1.807, 2.05) is 48.5 Å². The van der Waals surface area contributed by atoms with Gasteiger partial charge in [-0.3, -0.25) is 4.79 Å². The molecule has 0 saturated heterocycles. The van der Waals surface area contributed by atoms with Gasteiger partial charge in [0.05, 0.1) is 7.11 Å². The van der Waals surface area contributed by atoms with Crippen LogP contribution in [0.5, 0.6) is 11.5 Å². The average Bonchev–Trinajstić information content (AvgIpc) is 2.66. The van der Waals surface area contributed by atoms with Crippen molar-refractivity contribution in [3.05, 3.63) is 94.0 Å². The highest BCUT2D eigenvalue weighted by Gasteiger charge is 2.11. The number of hydrogen-bond acceptors (Lipinski definition) is 3. The second kappa shape index (κ2) is 7.99. The fraction of sp³-hybridized carbons (Fsp3) is 0.0952. The van der Waals surface area contributed by atoms with E-state index in [0.717, 1.165) is 15.8 Å². The lowest BCUT2D eigenvalue weighted by atomic mass is 10.0. The van der Waals surface area contributed by atoms with Crippen molar-refractivity contribution in [1.29, 1.82) is 0 Å². The number of rotatable bonds is 6. The number of ether oxygens (including phenoxy) is 2. The van der Waals surface area contributed by atoms with Gasteiger partial charge in [0.25, 0.3) is 0 Å². The van der Waals surface area contributed by atoms with Crippen LogP contribution in [0.3, 0.4) is 0 Å². The number of hydrogen-bond donors (Lipinski definition) is 0. The summed E-state index contributed by atoms with van der Waals surface area (Å²) in [4.78, 5) is 12.6. The Balaban J connectivity index is 1.76. The molecule has 3 aromatic carbocycles. The molecule has 0 radical (unpaired) electrons. The van der Waals surface area contributed by atoms with Crippen molar-refractivity contribution in [2.45, 2.75) is 6.61 Å². The topological polar surface area (TPSA) is 35.5 Å². The molecule has 3 aromatic rings. The van der Waals surface area contributed by atoms with E-state index in [-0.39, 0.29) is 5.78 Å². The van der Waals surface area contributed by atoms with Gasteiger partial charge in [0.1, 0.15) is 18.1 Å². The Kier molecular flexibility index (Phi) is 5.51. The van der Waals surface area contributed by atoms with E-state index in [4.69, 9.17) is 9.47 Å². The molecule has 0 unspecified atom stereocenters. The summed E-state index contributed by atoms with van der Waals surface area (Å²) in [6.45, 7) is 0.416. The van der Waals surface area contributed by atoms with Crippen molar-refractivity contribution in [1.82, 2.24) is 0 Å². The monoisotopic (exact) mass is 396 g/mol. The summed E-state index contributed by atoms with van der Waals surface area (Å²) in [6.07, 6.45) is 0. The van der Waals surface area contributed by atoms with Crippen LogP contribution in [0, 0.1) is 0 Å². The maximum atomic E-state index is 12.6. The summed E-state index contributed by atoms with van der Waals surface area (Å²) >= 11 is 3.45. The third-order valence-corrected chi connectivity index (χ3v) is 4.19. The van der Waals surface area contributed by atoms with Crippen molar-refractivity contribution < 1.29 is 14.3 Å². The molecule has 0 spiro atoms. The normalized spacial score (nSPS) is 10.3. The Morgan fingerprint density at radius 3 is 2.28 bits per heavy atom. The quantitative estimate of drug-likeness (QED) is 0.532. The SMILES string of the molecule is COc1ccc(COc2cc(Br)cc(C(=O)c3ccccc3)c2)cc1. The Morgan fingerprint density at radius 2 is 1.60 bits per heavy atom. The molecule has 3 nitrogen and oxygen atoms in total. The lowest BCUT2D eigenvalue weighted by Gasteiger charge is -2.10. The number of carbonyl (C=O) groups is 1. The lowest BCUT2D eigenvalue weighted by Crippen LogP contribution is -2.02. The van der Waals surface area contributed by atoms with Gasteiger partial charge in [0, 0.05) is 15.6 Å². The van der Waals surface area contributed by atoms with E-state index >= 15 is 0 Å². The lowest BCUT2D eigenvalue weighted by molar-refractivity contribution is 0.103. The van der Waals surface area contributed by atoms with E-state index in [1.54, 1.807) is 31.4 Å². The molecule has 0 aromatic heterocycles. The van der Waals surface area contributed by atoms with Crippen LogP contribution in [-0.2, 0) is 6.61 Å². The smallest absolute Gasteiger partial charge is 0.193 e. The molecule has 0 aliphatic heterocycles. The van der Waals surface area contributed by atoms with Crippen LogP contribution in [0.1, 0.15) is 21.5 Å². The van der Waals surface area contributed by atoms with Gasteiger partial charge in [0.2, 0.25) is 0 Å². The van der Waals surface area contributed by atoms with Gasteiger partial charge >= 0.3 is 0 Å². The maximum absolute atomic E-state index is 12.6. The van der Waals surface area contributed by atoms with Gasteiger partial charge in [0.15, 0.2) is 5.78 Å². The van der Waals surface area contributed by atoms with Crippen molar-refractivity contribution in [3.8, 4) is 11.5 Å². The zero-order chi connectivity index (χ0) is 17.6. The van der Waals surface area contributed by atoms with Crippen LogP contribution in [-0.4, -0.2) is 12.9 Å². The second-order valence-corrected chi connectivity index (χ2v) is 6.42. The molecule has 0 aliphatic rings. The first-order valence-corrected chi connectivity index (χ1v) is 8.61. The van der Waals surface area contributed by atoms with E-state index in [1.165, 1.54) is 0 Å². The fourth-order valence-corrected chi connectivity index (χ4v) is 2.89. The minimum Gasteiger partial charge on any atom is -0.497 e. The largest absolute Gasteiger partial charge is 0.497 e. The molecule has 0 amide bonds. The standard InChI is InChI=1S/C21H17BrO3/c1-24-19-9-7-15(8-10-19)14-25-20-12-17(11-18(22)13-20)21(23)16-5-3-2-4-6-16/h2-13H,14H2,1H3. The van der Waals surface area contributed by atoms with Crippen LogP contribution >= 0.6 is 15.9 Å². The second-order valence-electron chi connectivity index (χ2n) is 5.51. The van der Waals surface area contributed by atoms with Crippen LogP contribution in [0.2, 0.25) is 0 Å². The minimum atomic E-state index is -0.0313. The van der Waals surface area contributed by atoms with E-state index < -0.39 is 0 Å². The number of halogens is 1. The molecule has 0 bridgehead atoms. The summed E-state index contributed by atoms with van der Waals surface area (Å²) in [5.41, 5.74) is 2.27. The minimum absolute atomic E-state index is 0.0313. The van der Waals surface area contributed by atoms with Gasteiger partial charge in [-0.15, -0.1) is 0 Å². The first kappa shape index (κ1) is 17.2. The molecule has 0 fully saturated rings. The summed E-state index contributed by atoms with van der Waals surface area (Å²) < 4.78 is 11.8. The summed E-state index contributed by atoms with van der Waals surface area (Å²) in [5.74, 6) is 1.42. The summed E-state index contributed by atoms with van der Waals surface area (Å²) in [6, 6.07) is 22.3. The predicted octanol–water partition coefficient (Wildman–Crippen LogP) is 5.27. The van der Waals surface area contributed by atoms with E-state index in [9.17, 15) is 4.79 Å². The molecule has 25 heavy (non-hydrogen) atoms. The average molecular weight is 397 g/mol. The molecule has 4 heteroatoms. The zero-order valence-corrected chi connectivity index (χ0v) is 15.3. The first-order valence-electron chi connectivity index (χ1n) is 7.82. The number of benzene rings is 3. The number of methoxy groups -OCH3 is 1. The number of ketones is 1. The van der Waals surface area contributed by atoms with Gasteiger partial charge in [-0.1, -0.05) is 58.4 Å². The van der Waals surface area contributed by atoms with Crippen molar-refractivity contribution in [2.75, 3.05) is 7.11 Å². The molecule has 0 atom stereocenters. The molecule has 0 heterocycles. The predicted molar refractivity (Wildman–Crippen MR) is 101 cm³/mol. The zero-order valence-electron chi connectivity index (χ0n) is 13.7. The summed E-state index contributed by atoms with van der Waals surface area (Å²) in [7, 11) is 1.64. The molecule has 0 N–H and O–H groups in total. The highest BCUT2D eigenvalue weighted by atomic mass is 79.9. The first-order chi connectivity index (χ1) is 12.2. The van der Waals surface area contributed by atoms with Crippen LogP contribution < -0.4 is 9.47 Å². The molecule has 126 valence electrons. The maximum Gasteiger partial charge on any atom is 0.193 e. The molecular formula is C21H17BrO3. The van der Waals surface area contributed by atoms with Gasteiger partial charge in [-0.2, -0.15) is 0 Å². The van der Waals surface area contributed by atoms with Crippen molar-refractivity contribution in [2.24, 2.45) is 0 Å². The fourth-order valence-electron chi connectivity index (χ4n) is 2.42. The van der Waals surface area contributed by atoms with E-state index in [0.29, 0.717) is 23.5 Å². The molecular weight excluding hydrogens is 380 g/mol. The summed E-state index contributed by atoms with van der Waals surface area (Å²) in [5, 5.41) is 0. The Labute approximate surface area is 155 Å². The van der Waals surface area contributed by atoms with Gasteiger partial charge < -0.3 is 9.47 Å². The van der Waals surface area contributed by atoms with Crippen molar-refractivity contribution >= 4 is 21.7 Å². The van der Waals surface area contributed by atoms with Gasteiger partial charge in [-0.05, 0) is 35.9 Å². The van der Waals surface area contributed by atoms with Gasteiger partial charge in [-0.25, -0.2) is 0 Å². The molecule has 0 saturated carbocycles. The number of carbonyl (C=O) groups excluding carboxylic acids is 1. The van der Waals surface area contributed by atoms with Crippen LogP contribution in [0.15, 0.2) is 77.3 Å². The highest BCUT2D eigenvalue weighted by molar-refractivity contribution is 9.10. The Morgan fingerprint density at radius 1 is 0.880 bits per heavy atom. The van der Waals surface area contributed by atoms with Crippen LogP contribution in [0.4, 0.5) is 0 Å². The van der Waals surface area contributed by atoms with Crippen LogP contribution in [0.25, 0.3) is 0 Å². The third-order valence-electron chi connectivity index (χ3n) is 3.73. The van der Waals surface area contributed by atoms with Crippen molar-refractivity contribution in [3.63, 3.8) is 0 Å². The third kappa shape index (κ3) is 4.48. The van der Waals surface area contributed by atoms with E-state index in [2.05, 4.69) is 15.9 Å². The molecule has 0 aliphatic carbocycles. The highest BCUT2D eigenvalue weighted by Crippen LogP contribution is 2.24. The Bertz CT molecular complexity index is 858. The Hall–Kier alpha value is -2.59. The molecule has 3 rings (SSSR count).